The molecule has 40 heavy (non-hydrogen) atoms. The van der Waals surface area contributed by atoms with Gasteiger partial charge in [0.05, 0.1) is 5.92 Å². The van der Waals surface area contributed by atoms with Gasteiger partial charge in [-0.3, -0.25) is 4.79 Å². The number of carbonyl (C=O) groups excluding carboxylic acids is 1. The van der Waals surface area contributed by atoms with Crippen molar-refractivity contribution in [2.45, 2.75) is 142 Å². The third-order valence-corrected chi connectivity index (χ3v) is 9.68. The van der Waals surface area contributed by atoms with Crippen molar-refractivity contribution in [3.05, 3.63) is 42.2 Å². The number of hydrogen-bond acceptors (Lipinski definition) is 4. The minimum Gasteiger partial charge on any atom is -0.426 e. The second kappa shape index (κ2) is 16.9. The third-order valence-electron chi connectivity index (χ3n) is 9.68. The summed E-state index contributed by atoms with van der Waals surface area (Å²) in [5.74, 6) is 3.64. The van der Waals surface area contributed by atoms with Crippen LogP contribution in [0.15, 0.2) is 36.7 Å². The van der Waals surface area contributed by atoms with Crippen LogP contribution in [0.5, 0.6) is 5.75 Å². The first-order chi connectivity index (χ1) is 19.7. The lowest BCUT2D eigenvalue weighted by molar-refractivity contribution is -0.140. The standard InChI is InChI=1S/C36H54N2O2/c1-3-5-7-8-9-10-11-13-29-14-18-30(19-15-29)33-26-37-35(38-27-33)31-22-24-34(25-23-31)40-36(39)32-20-16-28(17-21-32)12-6-4-2/h22-30,32H,3-21H2,1-2H3. The molecule has 220 valence electrons. The Morgan fingerprint density at radius 2 is 1.25 bits per heavy atom. The molecule has 4 rings (SSSR count). The summed E-state index contributed by atoms with van der Waals surface area (Å²) in [6.45, 7) is 4.54. The van der Waals surface area contributed by atoms with E-state index in [-0.39, 0.29) is 11.9 Å². The zero-order valence-corrected chi connectivity index (χ0v) is 25.4. The zero-order chi connectivity index (χ0) is 28.0. The van der Waals surface area contributed by atoms with Gasteiger partial charge in [0.25, 0.3) is 0 Å². The Hall–Kier alpha value is -2.23. The Morgan fingerprint density at radius 1 is 0.700 bits per heavy atom. The molecule has 0 saturated heterocycles. The van der Waals surface area contributed by atoms with Gasteiger partial charge < -0.3 is 4.74 Å². The van der Waals surface area contributed by atoms with Crippen molar-refractivity contribution in [2.75, 3.05) is 0 Å². The maximum Gasteiger partial charge on any atom is 0.314 e. The molecule has 0 aliphatic heterocycles. The molecule has 0 spiro atoms. The molecule has 0 amide bonds. The van der Waals surface area contributed by atoms with Crippen molar-refractivity contribution in [2.24, 2.45) is 17.8 Å². The first-order valence-electron chi connectivity index (χ1n) is 16.8. The van der Waals surface area contributed by atoms with E-state index in [2.05, 4.69) is 13.8 Å². The van der Waals surface area contributed by atoms with Crippen molar-refractivity contribution < 1.29 is 9.53 Å². The number of carbonyl (C=O) groups is 1. The van der Waals surface area contributed by atoms with Crippen molar-refractivity contribution in [1.29, 1.82) is 0 Å². The molecule has 2 aromatic rings. The normalized spacial score (nSPS) is 23.1. The van der Waals surface area contributed by atoms with E-state index in [9.17, 15) is 4.79 Å². The van der Waals surface area contributed by atoms with Crippen LogP contribution in [0.4, 0.5) is 0 Å². The molecule has 0 unspecified atom stereocenters. The van der Waals surface area contributed by atoms with E-state index in [1.54, 1.807) is 0 Å². The summed E-state index contributed by atoms with van der Waals surface area (Å²) < 4.78 is 5.74. The SMILES string of the molecule is CCCCCCCCCC1CCC(c2cnc(-c3ccc(OC(=O)C4CCC(CCCC)CC4)cc3)nc2)CC1. The van der Waals surface area contributed by atoms with Crippen LogP contribution in [0.25, 0.3) is 11.4 Å². The summed E-state index contributed by atoms with van der Waals surface area (Å²) in [6, 6.07) is 7.69. The number of nitrogens with zero attached hydrogens (tertiary/aromatic N) is 2. The molecular weight excluding hydrogens is 492 g/mol. The topological polar surface area (TPSA) is 52.1 Å². The monoisotopic (exact) mass is 546 g/mol. The fourth-order valence-corrected chi connectivity index (χ4v) is 6.92. The van der Waals surface area contributed by atoms with E-state index in [0.717, 1.165) is 48.9 Å². The predicted molar refractivity (Wildman–Crippen MR) is 165 cm³/mol. The average Bonchev–Trinajstić information content (AvgIpc) is 3.00. The smallest absolute Gasteiger partial charge is 0.314 e. The summed E-state index contributed by atoms with van der Waals surface area (Å²) in [5, 5.41) is 0. The number of hydrogen-bond donors (Lipinski definition) is 0. The fourth-order valence-electron chi connectivity index (χ4n) is 6.92. The van der Waals surface area contributed by atoms with Gasteiger partial charge in [-0.1, -0.05) is 84.5 Å². The summed E-state index contributed by atoms with van der Waals surface area (Å²) >= 11 is 0. The summed E-state index contributed by atoms with van der Waals surface area (Å²) in [7, 11) is 0. The van der Waals surface area contributed by atoms with Crippen LogP contribution in [0.1, 0.15) is 147 Å². The Labute approximate surface area is 244 Å². The second-order valence-electron chi connectivity index (χ2n) is 12.8. The molecule has 1 heterocycles. The maximum atomic E-state index is 12.7. The molecule has 2 saturated carbocycles. The Morgan fingerprint density at radius 3 is 1.88 bits per heavy atom. The highest BCUT2D eigenvalue weighted by Gasteiger charge is 2.27. The van der Waals surface area contributed by atoms with Gasteiger partial charge in [0.1, 0.15) is 5.75 Å². The predicted octanol–water partition coefficient (Wildman–Crippen LogP) is 10.5. The summed E-state index contributed by atoms with van der Waals surface area (Å²) in [6.07, 6.45) is 28.7. The van der Waals surface area contributed by atoms with Crippen LogP contribution in [-0.2, 0) is 4.79 Å². The van der Waals surface area contributed by atoms with Gasteiger partial charge in [-0.2, -0.15) is 0 Å². The van der Waals surface area contributed by atoms with Gasteiger partial charge in [0.2, 0.25) is 0 Å². The van der Waals surface area contributed by atoms with Crippen LogP contribution in [0, 0.1) is 17.8 Å². The van der Waals surface area contributed by atoms with Crippen LogP contribution in [0.2, 0.25) is 0 Å². The lowest BCUT2D eigenvalue weighted by Gasteiger charge is -2.28. The van der Waals surface area contributed by atoms with Crippen molar-refractivity contribution >= 4 is 5.97 Å². The minimum atomic E-state index is -0.0700. The highest BCUT2D eigenvalue weighted by molar-refractivity contribution is 5.75. The number of aromatic nitrogens is 2. The molecule has 1 aromatic carbocycles. The second-order valence-corrected chi connectivity index (χ2v) is 12.8. The minimum absolute atomic E-state index is 0.0452. The highest BCUT2D eigenvalue weighted by atomic mass is 16.5. The number of benzene rings is 1. The quantitative estimate of drug-likeness (QED) is 0.127. The first-order valence-corrected chi connectivity index (χ1v) is 16.8. The number of rotatable bonds is 15. The fraction of sp³-hybridized carbons (Fsp3) is 0.694. The van der Waals surface area contributed by atoms with Crippen LogP contribution in [-0.4, -0.2) is 15.9 Å². The number of unbranched alkanes of at least 4 members (excludes halogenated alkanes) is 7. The molecule has 2 aliphatic rings. The molecule has 0 radical (unpaired) electrons. The van der Waals surface area contributed by atoms with Crippen LogP contribution < -0.4 is 4.74 Å². The highest BCUT2D eigenvalue weighted by Crippen LogP contribution is 2.38. The van der Waals surface area contributed by atoms with E-state index in [1.165, 1.54) is 102 Å². The van der Waals surface area contributed by atoms with Crippen molar-refractivity contribution in [3.63, 3.8) is 0 Å². The van der Waals surface area contributed by atoms with E-state index in [0.29, 0.717) is 11.7 Å². The molecule has 4 heteroatoms. The molecule has 2 aliphatic carbocycles. The van der Waals surface area contributed by atoms with Crippen molar-refractivity contribution in [3.8, 4) is 17.1 Å². The molecule has 1 aromatic heterocycles. The Balaban J connectivity index is 1.17. The number of ether oxygens (including phenoxy) is 1. The van der Waals surface area contributed by atoms with E-state index in [1.807, 2.05) is 36.7 Å². The van der Waals surface area contributed by atoms with E-state index < -0.39 is 0 Å². The molecule has 0 atom stereocenters. The molecular formula is C36H54N2O2. The average molecular weight is 547 g/mol. The van der Waals surface area contributed by atoms with Crippen LogP contribution in [0.3, 0.4) is 0 Å². The van der Waals surface area contributed by atoms with E-state index in [4.69, 9.17) is 14.7 Å². The zero-order valence-electron chi connectivity index (χ0n) is 25.4. The van der Waals surface area contributed by atoms with Crippen LogP contribution >= 0.6 is 0 Å². The maximum absolute atomic E-state index is 12.7. The Bertz CT molecular complexity index is 971. The van der Waals surface area contributed by atoms with Gasteiger partial charge in [-0.05, 0) is 98.9 Å². The molecule has 4 nitrogen and oxygen atoms in total. The van der Waals surface area contributed by atoms with Gasteiger partial charge >= 0.3 is 5.97 Å². The Kier molecular flexibility index (Phi) is 13.0. The number of esters is 1. The summed E-state index contributed by atoms with van der Waals surface area (Å²) in [4.78, 5) is 22.1. The van der Waals surface area contributed by atoms with Gasteiger partial charge in [-0.25, -0.2) is 9.97 Å². The largest absolute Gasteiger partial charge is 0.426 e. The first kappa shape index (κ1) is 30.7. The van der Waals surface area contributed by atoms with Gasteiger partial charge in [0, 0.05) is 18.0 Å². The summed E-state index contributed by atoms with van der Waals surface area (Å²) in [5.41, 5.74) is 2.24. The molecule has 0 N–H and O–H groups in total. The van der Waals surface area contributed by atoms with Gasteiger partial charge in [0.15, 0.2) is 5.82 Å². The molecule has 0 bridgehead atoms. The van der Waals surface area contributed by atoms with Gasteiger partial charge in [-0.15, -0.1) is 0 Å². The molecule has 2 fully saturated rings. The lowest BCUT2D eigenvalue weighted by atomic mass is 9.77. The third kappa shape index (κ3) is 9.70. The lowest BCUT2D eigenvalue weighted by Crippen LogP contribution is -2.25. The van der Waals surface area contributed by atoms with E-state index >= 15 is 0 Å². The van der Waals surface area contributed by atoms with Crippen molar-refractivity contribution in [1.82, 2.24) is 9.97 Å².